The lowest BCUT2D eigenvalue weighted by atomic mass is 9.94. The summed E-state index contributed by atoms with van der Waals surface area (Å²) in [7, 11) is -2.91. The zero-order valence-corrected chi connectivity index (χ0v) is 10.3. The molecule has 1 unspecified atom stereocenters. The highest BCUT2D eigenvalue weighted by molar-refractivity contribution is 7.91. The van der Waals surface area contributed by atoms with Gasteiger partial charge in [-0.3, -0.25) is 0 Å². The fourth-order valence-electron chi connectivity index (χ4n) is 2.70. The van der Waals surface area contributed by atoms with Crippen molar-refractivity contribution >= 4 is 9.84 Å². The second-order valence-corrected chi connectivity index (χ2v) is 7.15. The molecule has 0 aromatic carbocycles. The summed E-state index contributed by atoms with van der Waals surface area (Å²) in [6, 6.07) is 0.372. The zero-order valence-electron chi connectivity index (χ0n) is 9.48. The SMILES string of the molecule is NCC1(NC2CC=CC2)CCCS(=O)(=O)C1. The van der Waals surface area contributed by atoms with Crippen LogP contribution in [0.5, 0.6) is 0 Å². The first-order valence-corrected chi connectivity index (χ1v) is 7.71. The summed E-state index contributed by atoms with van der Waals surface area (Å²) in [4.78, 5) is 0. The van der Waals surface area contributed by atoms with Crippen LogP contribution in [0.1, 0.15) is 25.7 Å². The van der Waals surface area contributed by atoms with Gasteiger partial charge in [0.25, 0.3) is 0 Å². The van der Waals surface area contributed by atoms with Crippen molar-refractivity contribution in [3.05, 3.63) is 12.2 Å². The molecule has 1 atom stereocenters. The maximum Gasteiger partial charge on any atom is 0.152 e. The summed E-state index contributed by atoms with van der Waals surface area (Å²) in [5, 5.41) is 3.47. The topological polar surface area (TPSA) is 72.2 Å². The van der Waals surface area contributed by atoms with Gasteiger partial charge in [0.15, 0.2) is 9.84 Å². The van der Waals surface area contributed by atoms with Crippen molar-refractivity contribution in [1.82, 2.24) is 5.32 Å². The van der Waals surface area contributed by atoms with Crippen LogP contribution in [0, 0.1) is 0 Å². The maximum atomic E-state index is 11.7. The normalized spacial score (nSPS) is 34.3. The Morgan fingerprint density at radius 2 is 2.06 bits per heavy atom. The average Bonchev–Trinajstić information content (AvgIpc) is 2.69. The van der Waals surface area contributed by atoms with Gasteiger partial charge in [0.1, 0.15) is 0 Å². The highest BCUT2D eigenvalue weighted by Crippen LogP contribution is 2.24. The van der Waals surface area contributed by atoms with Crippen molar-refractivity contribution in [1.29, 1.82) is 0 Å². The molecule has 3 N–H and O–H groups in total. The fourth-order valence-corrected chi connectivity index (χ4v) is 4.61. The average molecular weight is 244 g/mol. The Bertz CT molecular complexity index is 369. The van der Waals surface area contributed by atoms with Crippen LogP contribution in [0.15, 0.2) is 12.2 Å². The minimum absolute atomic E-state index is 0.201. The van der Waals surface area contributed by atoms with Crippen LogP contribution in [0.4, 0.5) is 0 Å². The van der Waals surface area contributed by atoms with E-state index in [1.54, 1.807) is 0 Å². The standard InChI is InChI=1S/C11H20N2O2S/c12-8-11(13-10-4-1-2-5-10)6-3-7-16(14,15)9-11/h1-2,10,13H,3-9,12H2. The molecule has 0 aromatic heterocycles. The molecule has 16 heavy (non-hydrogen) atoms. The Morgan fingerprint density at radius 3 is 2.62 bits per heavy atom. The number of rotatable bonds is 3. The van der Waals surface area contributed by atoms with Crippen LogP contribution in [-0.2, 0) is 9.84 Å². The van der Waals surface area contributed by atoms with Crippen molar-refractivity contribution in [3.63, 3.8) is 0 Å². The van der Waals surface area contributed by atoms with Crippen LogP contribution in [0.3, 0.4) is 0 Å². The van der Waals surface area contributed by atoms with Gasteiger partial charge in [-0.05, 0) is 25.7 Å². The molecule has 2 rings (SSSR count). The summed E-state index contributed by atoms with van der Waals surface area (Å²) in [6.45, 7) is 0.405. The molecular formula is C11H20N2O2S. The molecule has 1 fully saturated rings. The van der Waals surface area contributed by atoms with Crippen LogP contribution in [0.25, 0.3) is 0 Å². The molecule has 0 spiro atoms. The number of nitrogens with one attached hydrogen (secondary N) is 1. The predicted octanol–water partition coefficient (Wildman–Crippen LogP) is 0.201. The Balaban J connectivity index is 2.06. The number of hydrogen-bond donors (Lipinski definition) is 2. The van der Waals surface area contributed by atoms with E-state index in [0.717, 1.165) is 25.7 Å². The molecule has 2 aliphatic rings. The summed E-state index contributed by atoms with van der Waals surface area (Å²) in [5.41, 5.74) is 5.41. The minimum atomic E-state index is -2.91. The van der Waals surface area contributed by atoms with E-state index in [-0.39, 0.29) is 11.3 Å². The first kappa shape index (κ1) is 12.1. The largest absolute Gasteiger partial charge is 0.329 e. The van der Waals surface area contributed by atoms with E-state index in [1.807, 2.05) is 0 Å². The minimum Gasteiger partial charge on any atom is -0.329 e. The Labute approximate surface area is 97.2 Å². The molecule has 0 radical (unpaired) electrons. The van der Waals surface area contributed by atoms with E-state index in [9.17, 15) is 8.42 Å². The second kappa shape index (κ2) is 4.47. The Hall–Kier alpha value is -0.390. The highest BCUT2D eigenvalue weighted by Gasteiger charge is 2.39. The van der Waals surface area contributed by atoms with E-state index in [0.29, 0.717) is 18.3 Å². The lowest BCUT2D eigenvalue weighted by molar-refractivity contribution is 0.292. The highest BCUT2D eigenvalue weighted by atomic mass is 32.2. The molecule has 92 valence electrons. The maximum absolute atomic E-state index is 11.7. The molecule has 4 nitrogen and oxygen atoms in total. The van der Waals surface area contributed by atoms with Gasteiger partial charge in [-0.1, -0.05) is 12.2 Å². The van der Waals surface area contributed by atoms with Crippen LogP contribution in [-0.4, -0.2) is 38.0 Å². The molecule has 1 aliphatic heterocycles. The van der Waals surface area contributed by atoms with Crippen molar-refractivity contribution in [2.75, 3.05) is 18.1 Å². The molecular weight excluding hydrogens is 224 g/mol. The molecule has 0 aromatic rings. The third-order valence-electron chi connectivity index (χ3n) is 3.52. The number of sulfone groups is 1. The first-order valence-electron chi connectivity index (χ1n) is 5.88. The van der Waals surface area contributed by atoms with Gasteiger partial charge < -0.3 is 11.1 Å². The van der Waals surface area contributed by atoms with Crippen LogP contribution >= 0.6 is 0 Å². The number of hydrogen-bond acceptors (Lipinski definition) is 4. The van der Waals surface area contributed by atoms with Gasteiger partial charge in [-0.2, -0.15) is 0 Å². The van der Waals surface area contributed by atoms with Gasteiger partial charge in [-0.25, -0.2) is 8.42 Å². The molecule has 0 saturated carbocycles. The van der Waals surface area contributed by atoms with E-state index in [1.165, 1.54) is 0 Å². The smallest absolute Gasteiger partial charge is 0.152 e. The van der Waals surface area contributed by atoms with Crippen molar-refractivity contribution in [2.24, 2.45) is 5.73 Å². The molecule has 5 heteroatoms. The van der Waals surface area contributed by atoms with Gasteiger partial charge in [0.2, 0.25) is 0 Å². The zero-order chi connectivity index (χ0) is 11.6. The monoisotopic (exact) mass is 244 g/mol. The Kier molecular flexibility index (Phi) is 3.37. The lowest BCUT2D eigenvalue weighted by Crippen LogP contribution is -2.60. The third-order valence-corrected chi connectivity index (χ3v) is 5.42. The summed E-state index contributed by atoms with van der Waals surface area (Å²) >= 11 is 0. The van der Waals surface area contributed by atoms with Crippen molar-refractivity contribution in [2.45, 2.75) is 37.3 Å². The van der Waals surface area contributed by atoms with Gasteiger partial charge in [0.05, 0.1) is 11.5 Å². The van der Waals surface area contributed by atoms with Crippen molar-refractivity contribution in [3.8, 4) is 0 Å². The lowest BCUT2D eigenvalue weighted by Gasteiger charge is -2.39. The van der Waals surface area contributed by atoms with E-state index in [4.69, 9.17) is 5.73 Å². The first-order chi connectivity index (χ1) is 7.55. The molecule has 0 amide bonds. The number of nitrogens with two attached hydrogens (primary N) is 1. The summed E-state index contributed by atoms with van der Waals surface area (Å²) < 4.78 is 23.4. The second-order valence-electron chi connectivity index (χ2n) is 4.96. The van der Waals surface area contributed by atoms with Crippen molar-refractivity contribution < 1.29 is 8.42 Å². The quantitative estimate of drug-likeness (QED) is 0.696. The van der Waals surface area contributed by atoms with Gasteiger partial charge in [0, 0.05) is 18.1 Å². The summed E-state index contributed by atoms with van der Waals surface area (Å²) in [6.07, 6.45) is 7.86. The van der Waals surface area contributed by atoms with Crippen LogP contribution in [0.2, 0.25) is 0 Å². The van der Waals surface area contributed by atoms with E-state index in [2.05, 4.69) is 17.5 Å². The third kappa shape index (κ3) is 2.64. The Morgan fingerprint density at radius 1 is 1.38 bits per heavy atom. The van der Waals surface area contributed by atoms with E-state index < -0.39 is 9.84 Å². The predicted molar refractivity (Wildman–Crippen MR) is 65.0 cm³/mol. The van der Waals surface area contributed by atoms with E-state index >= 15 is 0 Å². The van der Waals surface area contributed by atoms with Gasteiger partial charge >= 0.3 is 0 Å². The molecule has 1 aliphatic carbocycles. The van der Waals surface area contributed by atoms with Gasteiger partial charge in [-0.15, -0.1) is 0 Å². The molecule has 1 heterocycles. The van der Waals surface area contributed by atoms with Crippen LogP contribution < -0.4 is 11.1 Å². The molecule has 0 bridgehead atoms. The summed E-state index contributed by atoms with van der Waals surface area (Å²) in [5.74, 6) is 0.520. The molecule has 1 saturated heterocycles. The fraction of sp³-hybridized carbons (Fsp3) is 0.818.